The van der Waals surface area contributed by atoms with Crippen molar-refractivity contribution < 1.29 is 14.5 Å². The number of hydrogen-bond donors (Lipinski definition) is 0. The Morgan fingerprint density at radius 3 is 2.76 bits per heavy atom. The standard InChI is InChI=1S/C14H17ClN2O4/c1-9(21-2)14(18)16(8-10-3-4-10)11-5-6-12(15)13(7-11)17(19)20/h5-7,9-10H,3-4,8H2,1-2H3/t9-/m1/s1. The molecule has 1 fully saturated rings. The van der Waals surface area contributed by atoms with E-state index in [1.165, 1.54) is 19.2 Å². The van der Waals surface area contributed by atoms with Crippen LogP contribution in [0.25, 0.3) is 0 Å². The van der Waals surface area contributed by atoms with Crippen LogP contribution in [0.15, 0.2) is 18.2 Å². The molecule has 0 saturated heterocycles. The third-order valence-corrected chi connectivity index (χ3v) is 3.86. The number of rotatable bonds is 6. The molecule has 1 atom stereocenters. The lowest BCUT2D eigenvalue weighted by Gasteiger charge is -2.25. The van der Waals surface area contributed by atoms with Gasteiger partial charge in [0.2, 0.25) is 0 Å². The molecule has 1 aromatic rings. The van der Waals surface area contributed by atoms with Crippen LogP contribution in [0, 0.1) is 16.0 Å². The summed E-state index contributed by atoms with van der Waals surface area (Å²) in [6.45, 7) is 2.21. The van der Waals surface area contributed by atoms with Crippen molar-refractivity contribution in [3.63, 3.8) is 0 Å². The Balaban J connectivity index is 2.33. The van der Waals surface area contributed by atoms with Gasteiger partial charge in [0, 0.05) is 19.7 Å². The minimum absolute atomic E-state index is 0.0577. The molecule has 0 aromatic heterocycles. The molecule has 0 radical (unpaired) electrons. The summed E-state index contributed by atoms with van der Waals surface area (Å²) in [6, 6.07) is 4.41. The largest absolute Gasteiger partial charge is 0.372 e. The van der Waals surface area contributed by atoms with Gasteiger partial charge >= 0.3 is 0 Å². The van der Waals surface area contributed by atoms with Gasteiger partial charge in [0.25, 0.3) is 11.6 Å². The fraction of sp³-hybridized carbons (Fsp3) is 0.500. The van der Waals surface area contributed by atoms with Gasteiger partial charge in [-0.2, -0.15) is 0 Å². The summed E-state index contributed by atoms with van der Waals surface area (Å²) < 4.78 is 5.07. The second-order valence-corrected chi connectivity index (χ2v) is 5.57. The lowest BCUT2D eigenvalue weighted by atomic mass is 10.2. The first-order valence-electron chi connectivity index (χ1n) is 6.72. The van der Waals surface area contributed by atoms with Crippen LogP contribution in [0.1, 0.15) is 19.8 Å². The van der Waals surface area contributed by atoms with E-state index in [1.807, 2.05) is 0 Å². The van der Waals surface area contributed by atoms with Crippen molar-refractivity contribution in [2.24, 2.45) is 5.92 Å². The number of ether oxygens (including phenoxy) is 1. The molecule has 0 bridgehead atoms. The van der Waals surface area contributed by atoms with Crippen LogP contribution in [0.3, 0.4) is 0 Å². The second-order valence-electron chi connectivity index (χ2n) is 5.16. The number of carbonyl (C=O) groups is 1. The number of halogens is 1. The van der Waals surface area contributed by atoms with Crippen LogP contribution in [-0.2, 0) is 9.53 Å². The Hall–Kier alpha value is -1.66. The summed E-state index contributed by atoms with van der Waals surface area (Å²) in [5.41, 5.74) is 0.278. The lowest BCUT2D eigenvalue weighted by Crippen LogP contribution is -2.40. The Morgan fingerprint density at radius 2 is 2.24 bits per heavy atom. The number of nitro benzene ring substituents is 1. The highest BCUT2D eigenvalue weighted by molar-refractivity contribution is 6.32. The summed E-state index contributed by atoms with van der Waals surface area (Å²) in [7, 11) is 1.46. The maximum Gasteiger partial charge on any atom is 0.289 e. The minimum atomic E-state index is -0.599. The quantitative estimate of drug-likeness (QED) is 0.598. The van der Waals surface area contributed by atoms with E-state index >= 15 is 0 Å². The topological polar surface area (TPSA) is 72.7 Å². The zero-order chi connectivity index (χ0) is 15.6. The fourth-order valence-corrected chi connectivity index (χ4v) is 2.20. The molecule has 6 nitrogen and oxygen atoms in total. The minimum Gasteiger partial charge on any atom is -0.372 e. The van der Waals surface area contributed by atoms with Gasteiger partial charge < -0.3 is 9.64 Å². The van der Waals surface area contributed by atoms with E-state index in [1.54, 1.807) is 17.9 Å². The van der Waals surface area contributed by atoms with Crippen LogP contribution in [0.5, 0.6) is 0 Å². The maximum atomic E-state index is 12.4. The predicted molar refractivity (Wildman–Crippen MR) is 79.7 cm³/mol. The van der Waals surface area contributed by atoms with Crippen LogP contribution in [-0.4, -0.2) is 30.6 Å². The van der Waals surface area contributed by atoms with Gasteiger partial charge in [-0.05, 0) is 37.8 Å². The lowest BCUT2D eigenvalue weighted by molar-refractivity contribution is -0.384. The number of benzene rings is 1. The second kappa shape index (κ2) is 6.41. The van der Waals surface area contributed by atoms with E-state index in [4.69, 9.17) is 16.3 Å². The van der Waals surface area contributed by atoms with Gasteiger partial charge in [0.1, 0.15) is 11.1 Å². The first-order chi connectivity index (χ1) is 9.93. The number of methoxy groups -OCH3 is 1. The molecule has 1 aliphatic rings. The van der Waals surface area contributed by atoms with Gasteiger partial charge in [0.15, 0.2) is 0 Å². The van der Waals surface area contributed by atoms with Crippen molar-refractivity contribution in [2.75, 3.05) is 18.6 Å². The van der Waals surface area contributed by atoms with E-state index in [2.05, 4.69) is 0 Å². The first-order valence-corrected chi connectivity index (χ1v) is 7.10. The molecule has 1 amide bonds. The molecule has 1 aliphatic carbocycles. The van der Waals surface area contributed by atoms with E-state index < -0.39 is 11.0 Å². The van der Waals surface area contributed by atoms with E-state index in [0.29, 0.717) is 18.2 Å². The predicted octanol–water partition coefficient (Wildman–Crippen LogP) is 3.03. The number of carbonyl (C=O) groups excluding carboxylic acids is 1. The summed E-state index contributed by atoms with van der Waals surface area (Å²) >= 11 is 5.81. The number of amides is 1. The average Bonchev–Trinajstić information content (AvgIpc) is 3.27. The smallest absolute Gasteiger partial charge is 0.289 e. The van der Waals surface area contributed by atoms with Gasteiger partial charge in [0.05, 0.1) is 10.6 Å². The molecular formula is C14H17ClN2O4. The summed E-state index contributed by atoms with van der Waals surface area (Å²) in [4.78, 5) is 24.4. The number of nitrogens with zero attached hydrogens (tertiary/aromatic N) is 2. The molecule has 1 saturated carbocycles. The van der Waals surface area contributed by atoms with Crippen LogP contribution >= 0.6 is 11.6 Å². The van der Waals surface area contributed by atoms with Crippen molar-refractivity contribution in [1.82, 2.24) is 0 Å². The molecule has 114 valence electrons. The third-order valence-electron chi connectivity index (χ3n) is 3.54. The molecule has 21 heavy (non-hydrogen) atoms. The van der Waals surface area contributed by atoms with Gasteiger partial charge in [-0.3, -0.25) is 14.9 Å². The summed E-state index contributed by atoms with van der Waals surface area (Å²) in [5.74, 6) is 0.244. The van der Waals surface area contributed by atoms with E-state index in [9.17, 15) is 14.9 Å². The Kier molecular flexibility index (Phi) is 4.80. The highest BCUT2D eigenvalue weighted by Crippen LogP contribution is 2.34. The monoisotopic (exact) mass is 312 g/mol. The molecule has 1 aromatic carbocycles. The van der Waals surface area contributed by atoms with Crippen LogP contribution in [0.2, 0.25) is 5.02 Å². The summed E-state index contributed by atoms with van der Waals surface area (Å²) in [6.07, 6.45) is 1.54. The van der Waals surface area contributed by atoms with Crippen molar-refractivity contribution in [3.05, 3.63) is 33.3 Å². The molecular weight excluding hydrogens is 296 g/mol. The number of nitro groups is 1. The molecule has 0 heterocycles. The molecule has 2 rings (SSSR count). The fourth-order valence-electron chi connectivity index (χ4n) is 2.01. The molecule has 0 N–H and O–H groups in total. The van der Waals surface area contributed by atoms with Gasteiger partial charge in [-0.15, -0.1) is 0 Å². The maximum absolute atomic E-state index is 12.4. The van der Waals surface area contributed by atoms with Crippen molar-refractivity contribution >= 4 is 28.9 Å². The molecule has 7 heteroatoms. The van der Waals surface area contributed by atoms with E-state index in [-0.39, 0.29) is 16.6 Å². The van der Waals surface area contributed by atoms with Crippen molar-refractivity contribution in [2.45, 2.75) is 25.9 Å². The Bertz CT molecular complexity index is 560. The number of hydrogen-bond acceptors (Lipinski definition) is 4. The Labute approximate surface area is 127 Å². The molecule has 0 aliphatic heterocycles. The Morgan fingerprint density at radius 1 is 1.57 bits per heavy atom. The van der Waals surface area contributed by atoms with Crippen LogP contribution < -0.4 is 4.90 Å². The normalized spacial score (nSPS) is 15.6. The van der Waals surface area contributed by atoms with Gasteiger partial charge in [-0.1, -0.05) is 11.6 Å². The summed E-state index contributed by atoms with van der Waals surface area (Å²) in [5, 5.41) is 11.0. The number of anilines is 1. The zero-order valence-corrected chi connectivity index (χ0v) is 12.7. The zero-order valence-electron chi connectivity index (χ0n) is 11.9. The third kappa shape index (κ3) is 3.71. The van der Waals surface area contributed by atoms with Crippen molar-refractivity contribution in [1.29, 1.82) is 0 Å². The molecule has 0 unspecified atom stereocenters. The highest BCUT2D eigenvalue weighted by atomic mass is 35.5. The van der Waals surface area contributed by atoms with Crippen molar-refractivity contribution in [3.8, 4) is 0 Å². The SMILES string of the molecule is CO[C@H](C)C(=O)N(CC1CC1)c1ccc(Cl)c([N+](=O)[O-])c1. The van der Waals surface area contributed by atoms with E-state index in [0.717, 1.165) is 12.8 Å². The van der Waals surface area contributed by atoms with Gasteiger partial charge in [-0.25, -0.2) is 0 Å². The first kappa shape index (κ1) is 15.7. The average molecular weight is 313 g/mol. The molecule has 0 spiro atoms. The van der Waals surface area contributed by atoms with Crippen LogP contribution in [0.4, 0.5) is 11.4 Å². The highest BCUT2D eigenvalue weighted by Gasteiger charge is 2.30.